The van der Waals surface area contributed by atoms with Gasteiger partial charge in [0.25, 0.3) is 0 Å². The number of anilines is 1. The van der Waals surface area contributed by atoms with Crippen molar-refractivity contribution in [1.29, 1.82) is 0 Å². The molecule has 7 heteroatoms. The molecule has 112 valence electrons. The van der Waals surface area contributed by atoms with Crippen molar-refractivity contribution in [3.63, 3.8) is 0 Å². The smallest absolute Gasteiger partial charge is 0.222 e. The summed E-state index contributed by atoms with van der Waals surface area (Å²) in [7, 11) is 0. The van der Waals surface area contributed by atoms with Crippen LogP contribution in [0.15, 0.2) is 24.7 Å². The predicted molar refractivity (Wildman–Crippen MR) is 80.2 cm³/mol. The molecule has 0 radical (unpaired) electrons. The SMILES string of the molecule is CCn1nccc1[C@@H]1OCC[C@H]1CNc1ncc(Cl)cn1. The Morgan fingerprint density at radius 1 is 1.43 bits per heavy atom. The van der Waals surface area contributed by atoms with Crippen molar-refractivity contribution in [2.24, 2.45) is 5.92 Å². The van der Waals surface area contributed by atoms with Crippen LogP contribution in [-0.4, -0.2) is 32.9 Å². The minimum Gasteiger partial charge on any atom is -0.372 e. The summed E-state index contributed by atoms with van der Waals surface area (Å²) in [6.07, 6.45) is 6.09. The number of aryl methyl sites for hydroxylation is 1. The molecule has 3 rings (SSSR count). The molecule has 1 aliphatic rings. The maximum Gasteiger partial charge on any atom is 0.222 e. The zero-order valence-corrected chi connectivity index (χ0v) is 12.6. The molecule has 2 aromatic rings. The summed E-state index contributed by atoms with van der Waals surface area (Å²) >= 11 is 5.78. The number of hydrogen-bond acceptors (Lipinski definition) is 5. The molecule has 1 aliphatic heterocycles. The van der Waals surface area contributed by atoms with Gasteiger partial charge in [-0.1, -0.05) is 11.6 Å². The van der Waals surface area contributed by atoms with Crippen molar-refractivity contribution in [2.45, 2.75) is 26.0 Å². The molecule has 6 nitrogen and oxygen atoms in total. The number of nitrogens with one attached hydrogen (secondary N) is 1. The van der Waals surface area contributed by atoms with E-state index in [4.69, 9.17) is 16.3 Å². The zero-order chi connectivity index (χ0) is 14.7. The number of aromatic nitrogens is 4. The minimum atomic E-state index is 0.0762. The van der Waals surface area contributed by atoms with Crippen molar-refractivity contribution in [1.82, 2.24) is 19.7 Å². The van der Waals surface area contributed by atoms with Crippen LogP contribution in [0.25, 0.3) is 0 Å². The van der Waals surface area contributed by atoms with Crippen LogP contribution in [0, 0.1) is 5.92 Å². The first-order chi connectivity index (χ1) is 10.3. The van der Waals surface area contributed by atoms with Gasteiger partial charge in [0.1, 0.15) is 6.10 Å². The Morgan fingerprint density at radius 3 is 3.00 bits per heavy atom. The quantitative estimate of drug-likeness (QED) is 0.919. The number of ether oxygens (including phenoxy) is 1. The van der Waals surface area contributed by atoms with E-state index >= 15 is 0 Å². The third-order valence-electron chi connectivity index (χ3n) is 3.70. The van der Waals surface area contributed by atoms with E-state index in [1.54, 1.807) is 12.4 Å². The van der Waals surface area contributed by atoms with Gasteiger partial charge < -0.3 is 10.1 Å². The Kier molecular flexibility index (Phi) is 4.36. The molecule has 0 aliphatic carbocycles. The third-order valence-corrected chi connectivity index (χ3v) is 3.89. The summed E-state index contributed by atoms with van der Waals surface area (Å²) in [4.78, 5) is 8.30. The summed E-state index contributed by atoms with van der Waals surface area (Å²) in [5, 5.41) is 8.11. The fourth-order valence-corrected chi connectivity index (χ4v) is 2.74. The second-order valence-corrected chi connectivity index (χ2v) is 5.45. The summed E-state index contributed by atoms with van der Waals surface area (Å²) < 4.78 is 7.89. The molecule has 0 unspecified atom stereocenters. The summed E-state index contributed by atoms with van der Waals surface area (Å²) in [5.41, 5.74) is 1.14. The van der Waals surface area contributed by atoms with Crippen LogP contribution in [0.3, 0.4) is 0 Å². The second kappa shape index (κ2) is 6.41. The van der Waals surface area contributed by atoms with Crippen LogP contribution in [0.5, 0.6) is 0 Å². The first kappa shape index (κ1) is 14.3. The van der Waals surface area contributed by atoms with E-state index in [-0.39, 0.29) is 6.10 Å². The molecule has 1 saturated heterocycles. The highest BCUT2D eigenvalue weighted by molar-refractivity contribution is 6.30. The van der Waals surface area contributed by atoms with Gasteiger partial charge in [0, 0.05) is 31.8 Å². The Bertz CT molecular complexity index is 585. The molecule has 0 bridgehead atoms. The normalized spacial score (nSPS) is 21.6. The molecule has 0 saturated carbocycles. The van der Waals surface area contributed by atoms with Crippen LogP contribution in [0.2, 0.25) is 5.02 Å². The average molecular weight is 308 g/mol. The largest absolute Gasteiger partial charge is 0.372 e. The van der Waals surface area contributed by atoms with Crippen LogP contribution >= 0.6 is 11.6 Å². The van der Waals surface area contributed by atoms with Crippen LogP contribution in [-0.2, 0) is 11.3 Å². The molecule has 0 amide bonds. The highest BCUT2D eigenvalue weighted by Gasteiger charge is 2.31. The third kappa shape index (κ3) is 3.16. The summed E-state index contributed by atoms with van der Waals surface area (Å²) in [5.74, 6) is 0.973. The summed E-state index contributed by atoms with van der Waals surface area (Å²) in [6.45, 7) is 4.47. The molecule has 3 heterocycles. The average Bonchev–Trinajstić information content (AvgIpc) is 3.14. The lowest BCUT2D eigenvalue weighted by Crippen LogP contribution is -2.21. The van der Waals surface area contributed by atoms with Gasteiger partial charge in [-0.25, -0.2) is 9.97 Å². The van der Waals surface area contributed by atoms with Gasteiger partial charge in [-0.15, -0.1) is 0 Å². The van der Waals surface area contributed by atoms with Crippen molar-refractivity contribution < 1.29 is 4.74 Å². The molecular weight excluding hydrogens is 290 g/mol. The Labute approximate surface area is 128 Å². The lowest BCUT2D eigenvalue weighted by atomic mass is 9.99. The number of nitrogens with zero attached hydrogens (tertiary/aromatic N) is 4. The molecule has 2 atom stereocenters. The molecule has 1 N–H and O–H groups in total. The van der Waals surface area contributed by atoms with Crippen molar-refractivity contribution in [3.05, 3.63) is 35.4 Å². The number of rotatable bonds is 5. The molecule has 1 fully saturated rings. The monoisotopic (exact) mass is 307 g/mol. The molecular formula is C14H18ClN5O. The minimum absolute atomic E-state index is 0.0762. The standard InChI is InChI=1S/C14H18ClN5O/c1-2-20-12(3-5-19-20)13-10(4-6-21-13)7-16-14-17-8-11(15)9-18-14/h3,5,8-10,13H,2,4,6-7H2,1H3,(H,16,17,18)/t10-,13+/m0/s1. The number of hydrogen-bond donors (Lipinski definition) is 1. The first-order valence-corrected chi connectivity index (χ1v) is 7.50. The zero-order valence-electron chi connectivity index (χ0n) is 11.9. The van der Waals surface area contributed by atoms with Crippen molar-refractivity contribution >= 4 is 17.5 Å². The van der Waals surface area contributed by atoms with E-state index in [9.17, 15) is 0 Å². The molecule has 2 aromatic heterocycles. The topological polar surface area (TPSA) is 64.9 Å². The van der Waals surface area contributed by atoms with Gasteiger partial charge in [-0.3, -0.25) is 4.68 Å². The molecule has 0 spiro atoms. The highest BCUT2D eigenvalue weighted by atomic mass is 35.5. The van der Waals surface area contributed by atoms with Gasteiger partial charge in [-0.05, 0) is 19.4 Å². The van der Waals surface area contributed by atoms with E-state index in [1.165, 1.54) is 0 Å². The Balaban J connectivity index is 1.66. The van der Waals surface area contributed by atoms with E-state index in [1.807, 2.05) is 16.9 Å². The number of halogens is 1. The van der Waals surface area contributed by atoms with Gasteiger partial charge in [0.15, 0.2) is 0 Å². The Hall–Kier alpha value is -1.66. The van der Waals surface area contributed by atoms with E-state index < -0.39 is 0 Å². The van der Waals surface area contributed by atoms with Crippen molar-refractivity contribution in [3.8, 4) is 0 Å². The molecule has 0 aromatic carbocycles. The van der Waals surface area contributed by atoms with Crippen LogP contribution < -0.4 is 5.32 Å². The second-order valence-electron chi connectivity index (χ2n) is 5.02. The maximum atomic E-state index is 5.90. The van der Waals surface area contributed by atoms with Crippen molar-refractivity contribution in [2.75, 3.05) is 18.5 Å². The first-order valence-electron chi connectivity index (χ1n) is 7.12. The highest BCUT2D eigenvalue weighted by Crippen LogP contribution is 2.34. The fraction of sp³-hybridized carbons (Fsp3) is 0.500. The van der Waals surface area contributed by atoms with Crippen LogP contribution in [0.4, 0.5) is 5.95 Å². The maximum absolute atomic E-state index is 5.90. The predicted octanol–water partition coefficient (Wildman–Crippen LogP) is 2.54. The van der Waals surface area contributed by atoms with Gasteiger partial charge in [-0.2, -0.15) is 5.10 Å². The summed E-state index contributed by atoms with van der Waals surface area (Å²) in [6, 6.07) is 2.03. The lowest BCUT2D eigenvalue weighted by Gasteiger charge is -2.19. The van der Waals surface area contributed by atoms with Gasteiger partial charge in [0.05, 0.1) is 23.1 Å². The lowest BCUT2D eigenvalue weighted by molar-refractivity contribution is 0.0858. The van der Waals surface area contributed by atoms with Gasteiger partial charge >= 0.3 is 0 Å². The fourth-order valence-electron chi connectivity index (χ4n) is 2.64. The van der Waals surface area contributed by atoms with E-state index in [2.05, 4.69) is 27.3 Å². The van der Waals surface area contributed by atoms with Gasteiger partial charge in [0.2, 0.25) is 5.95 Å². The van der Waals surface area contributed by atoms with Crippen LogP contribution in [0.1, 0.15) is 25.1 Å². The molecule has 21 heavy (non-hydrogen) atoms. The Morgan fingerprint density at radius 2 is 2.24 bits per heavy atom. The van der Waals surface area contributed by atoms with E-state index in [0.717, 1.165) is 31.8 Å². The van der Waals surface area contributed by atoms with E-state index in [0.29, 0.717) is 16.9 Å².